The second kappa shape index (κ2) is 8.44. The molecule has 10 nitrogen and oxygen atoms in total. The highest BCUT2D eigenvalue weighted by Crippen LogP contribution is 2.20. The molecule has 5 heterocycles. The molecule has 1 aliphatic rings. The molecule has 4 aromatic rings. The molecule has 0 bridgehead atoms. The van der Waals surface area contributed by atoms with Crippen molar-refractivity contribution in [2.75, 3.05) is 23.7 Å². The van der Waals surface area contributed by atoms with Crippen LogP contribution in [0.2, 0.25) is 0 Å². The summed E-state index contributed by atoms with van der Waals surface area (Å²) in [7, 11) is 0. The summed E-state index contributed by atoms with van der Waals surface area (Å²) in [6.45, 7) is 3.90. The first-order valence-corrected chi connectivity index (χ1v) is 10.1. The maximum atomic E-state index is 4.56. The molecular weight excluding hydrogens is 392 g/mol. The molecule has 0 amide bonds. The van der Waals surface area contributed by atoms with Crippen molar-refractivity contribution < 1.29 is 0 Å². The van der Waals surface area contributed by atoms with Crippen molar-refractivity contribution in [1.82, 2.24) is 40.0 Å². The van der Waals surface area contributed by atoms with Gasteiger partial charge in [0.05, 0.1) is 17.9 Å². The summed E-state index contributed by atoms with van der Waals surface area (Å²) in [5, 5.41) is 14.2. The first kappa shape index (κ1) is 19.1. The van der Waals surface area contributed by atoms with Crippen LogP contribution in [0.15, 0.2) is 55.1 Å². The van der Waals surface area contributed by atoms with Crippen LogP contribution in [0.3, 0.4) is 0 Å². The van der Waals surface area contributed by atoms with Crippen LogP contribution in [0, 0.1) is 6.92 Å². The molecule has 1 atom stereocenters. The molecule has 3 N–H and O–H groups in total. The molecule has 0 spiro atoms. The second-order valence-electron chi connectivity index (χ2n) is 7.30. The van der Waals surface area contributed by atoms with Gasteiger partial charge in [0.2, 0.25) is 5.95 Å². The van der Waals surface area contributed by atoms with E-state index in [0.29, 0.717) is 29.5 Å². The van der Waals surface area contributed by atoms with Crippen LogP contribution >= 0.6 is 0 Å². The van der Waals surface area contributed by atoms with Gasteiger partial charge in [-0.05, 0) is 44.2 Å². The topological polar surface area (TPSA) is 118 Å². The van der Waals surface area contributed by atoms with E-state index in [-0.39, 0.29) is 0 Å². The highest BCUT2D eigenvalue weighted by molar-refractivity contribution is 5.58. The summed E-state index contributed by atoms with van der Waals surface area (Å²) in [5.41, 5.74) is 2.49. The quantitative estimate of drug-likeness (QED) is 0.437. The molecule has 5 rings (SSSR count). The van der Waals surface area contributed by atoms with E-state index >= 15 is 0 Å². The van der Waals surface area contributed by atoms with Crippen LogP contribution in [0.5, 0.6) is 0 Å². The number of aromatic nitrogens is 7. The Morgan fingerprint density at radius 1 is 1.00 bits per heavy atom. The minimum atomic E-state index is 0.388. The van der Waals surface area contributed by atoms with Crippen molar-refractivity contribution >= 4 is 23.3 Å². The van der Waals surface area contributed by atoms with Gasteiger partial charge < -0.3 is 16.0 Å². The van der Waals surface area contributed by atoms with Gasteiger partial charge in [-0.3, -0.25) is 4.68 Å². The van der Waals surface area contributed by atoms with Crippen molar-refractivity contribution in [2.24, 2.45) is 0 Å². The van der Waals surface area contributed by atoms with Crippen molar-refractivity contribution in [1.29, 1.82) is 0 Å². The third kappa shape index (κ3) is 4.48. The minimum absolute atomic E-state index is 0.388. The van der Waals surface area contributed by atoms with E-state index in [0.717, 1.165) is 36.6 Å². The lowest BCUT2D eigenvalue weighted by molar-refractivity contribution is 0.491. The van der Waals surface area contributed by atoms with Gasteiger partial charge in [0, 0.05) is 30.8 Å². The summed E-state index contributed by atoms with van der Waals surface area (Å²) >= 11 is 0. The second-order valence-corrected chi connectivity index (χ2v) is 7.30. The molecule has 0 radical (unpaired) electrons. The van der Waals surface area contributed by atoms with E-state index in [1.54, 1.807) is 30.7 Å². The fourth-order valence-electron chi connectivity index (χ4n) is 3.44. The van der Waals surface area contributed by atoms with E-state index in [4.69, 9.17) is 0 Å². The van der Waals surface area contributed by atoms with E-state index in [2.05, 4.69) is 46.0 Å². The van der Waals surface area contributed by atoms with Crippen LogP contribution in [0.25, 0.3) is 11.5 Å². The monoisotopic (exact) mass is 414 g/mol. The molecule has 10 heteroatoms. The number of hydrogen-bond acceptors (Lipinski definition) is 9. The Hall–Kier alpha value is -3.92. The van der Waals surface area contributed by atoms with E-state index in [1.165, 1.54) is 0 Å². The Kier molecular flexibility index (Phi) is 5.19. The Labute approximate surface area is 179 Å². The molecule has 0 aromatic carbocycles. The SMILES string of the molecule is Cc1cccc(-c2nccc(Nc3ccnc(Nc4cnn(C5CCNC5)c4)n3)n2)n1. The van der Waals surface area contributed by atoms with Crippen LogP contribution in [-0.4, -0.2) is 47.8 Å². The summed E-state index contributed by atoms with van der Waals surface area (Å²) in [6.07, 6.45) is 8.23. The summed E-state index contributed by atoms with van der Waals surface area (Å²) in [4.78, 5) is 22.2. The zero-order chi connectivity index (χ0) is 21.0. The molecular formula is C21H22N10. The molecule has 0 saturated carbocycles. The molecule has 1 aliphatic heterocycles. The van der Waals surface area contributed by atoms with Crippen LogP contribution in [-0.2, 0) is 0 Å². The van der Waals surface area contributed by atoms with Crippen molar-refractivity contribution in [3.63, 3.8) is 0 Å². The molecule has 1 fully saturated rings. The first-order valence-electron chi connectivity index (χ1n) is 10.1. The Morgan fingerprint density at radius 2 is 1.87 bits per heavy atom. The number of aryl methyl sites for hydroxylation is 1. The molecule has 4 aromatic heterocycles. The summed E-state index contributed by atoms with van der Waals surface area (Å²) < 4.78 is 1.98. The fourth-order valence-corrected chi connectivity index (χ4v) is 3.44. The molecule has 31 heavy (non-hydrogen) atoms. The number of nitrogens with zero attached hydrogens (tertiary/aromatic N) is 7. The average Bonchev–Trinajstić information content (AvgIpc) is 3.46. The van der Waals surface area contributed by atoms with Gasteiger partial charge in [-0.25, -0.2) is 19.9 Å². The van der Waals surface area contributed by atoms with Crippen LogP contribution < -0.4 is 16.0 Å². The lowest BCUT2D eigenvalue weighted by Gasteiger charge is -2.09. The highest BCUT2D eigenvalue weighted by Gasteiger charge is 2.17. The van der Waals surface area contributed by atoms with Gasteiger partial charge in [0.25, 0.3) is 0 Å². The lowest BCUT2D eigenvalue weighted by Crippen LogP contribution is -2.13. The largest absolute Gasteiger partial charge is 0.325 e. The average molecular weight is 414 g/mol. The van der Waals surface area contributed by atoms with Gasteiger partial charge in [-0.2, -0.15) is 10.1 Å². The fraction of sp³-hybridized carbons (Fsp3) is 0.238. The first-order chi connectivity index (χ1) is 15.2. The molecule has 156 valence electrons. The number of anilines is 4. The minimum Gasteiger partial charge on any atom is -0.325 e. The Bertz CT molecular complexity index is 1180. The highest BCUT2D eigenvalue weighted by atomic mass is 15.3. The third-order valence-electron chi connectivity index (χ3n) is 4.95. The lowest BCUT2D eigenvalue weighted by atomic mass is 10.3. The zero-order valence-electron chi connectivity index (χ0n) is 17.0. The standard InChI is InChI=1S/C21H22N10/c1-14-3-2-4-17(26-14)20-23-9-6-18(29-20)28-19-7-10-24-21(30-19)27-15-11-25-31(13-15)16-5-8-22-12-16/h2-4,6-7,9-11,13,16,22H,5,8,12H2,1H3,(H2,23,24,27,28,29,30). The van der Waals surface area contributed by atoms with E-state index < -0.39 is 0 Å². The smallest absolute Gasteiger partial charge is 0.229 e. The predicted molar refractivity (Wildman–Crippen MR) is 117 cm³/mol. The van der Waals surface area contributed by atoms with Gasteiger partial charge >= 0.3 is 0 Å². The number of nitrogens with one attached hydrogen (secondary N) is 3. The van der Waals surface area contributed by atoms with Crippen molar-refractivity contribution in [3.05, 3.63) is 60.8 Å². The third-order valence-corrected chi connectivity index (χ3v) is 4.95. The summed E-state index contributed by atoms with van der Waals surface area (Å²) in [6, 6.07) is 9.73. The molecule has 1 saturated heterocycles. The van der Waals surface area contributed by atoms with E-state index in [9.17, 15) is 0 Å². The number of hydrogen-bond donors (Lipinski definition) is 3. The van der Waals surface area contributed by atoms with Gasteiger partial charge in [-0.15, -0.1) is 0 Å². The summed E-state index contributed by atoms with van der Waals surface area (Å²) in [5.74, 6) is 2.27. The maximum Gasteiger partial charge on any atom is 0.229 e. The number of rotatable bonds is 6. The maximum absolute atomic E-state index is 4.56. The van der Waals surface area contributed by atoms with Crippen LogP contribution in [0.1, 0.15) is 18.2 Å². The van der Waals surface area contributed by atoms with Crippen molar-refractivity contribution in [2.45, 2.75) is 19.4 Å². The molecule has 1 unspecified atom stereocenters. The zero-order valence-corrected chi connectivity index (χ0v) is 17.0. The van der Waals surface area contributed by atoms with E-state index in [1.807, 2.05) is 36.0 Å². The van der Waals surface area contributed by atoms with Gasteiger partial charge in [-0.1, -0.05) is 6.07 Å². The Balaban J connectivity index is 1.30. The normalized spacial score (nSPS) is 15.7. The Morgan fingerprint density at radius 3 is 2.71 bits per heavy atom. The number of pyridine rings is 1. The van der Waals surface area contributed by atoms with Gasteiger partial charge in [0.1, 0.15) is 17.3 Å². The predicted octanol–water partition coefficient (Wildman–Crippen LogP) is 2.86. The molecule has 0 aliphatic carbocycles. The van der Waals surface area contributed by atoms with Crippen LogP contribution in [0.4, 0.5) is 23.3 Å². The van der Waals surface area contributed by atoms with Crippen molar-refractivity contribution in [3.8, 4) is 11.5 Å². The van der Waals surface area contributed by atoms with Gasteiger partial charge in [0.15, 0.2) is 5.82 Å².